The highest BCUT2D eigenvalue weighted by atomic mass is 35.5. The Balaban J connectivity index is 1.81. The average Bonchev–Trinajstić information content (AvgIpc) is 2.59. The van der Waals surface area contributed by atoms with Crippen molar-refractivity contribution in [2.45, 2.75) is 31.9 Å². The van der Waals surface area contributed by atoms with Gasteiger partial charge >= 0.3 is 0 Å². The van der Waals surface area contributed by atoms with Crippen molar-refractivity contribution < 1.29 is 17.9 Å². The second-order valence-corrected chi connectivity index (χ2v) is 9.81. The molecule has 1 aliphatic rings. The highest BCUT2D eigenvalue weighted by Gasteiger charge is 2.34. The van der Waals surface area contributed by atoms with E-state index in [2.05, 4.69) is 5.32 Å². The van der Waals surface area contributed by atoms with Gasteiger partial charge in [-0.25, -0.2) is 8.42 Å². The summed E-state index contributed by atoms with van der Waals surface area (Å²) >= 11 is 5.88. The molecule has 1 aliphatic heterocycles. The van der Waals surface area contributed by atoms with Crippen LogP contribution in [-0.4, -0.2) is 32.7 Å². The Labute approximate surface area is 170 Å². The lowest BCUT2D eigenvalue weighted by atomic mass is 9.89. The normalized spacial score (nSPS) is 17.9. The number of carbonyl (C=O) groups is 1. The SMILES string of the molecule is CC1(C)C[C@H](NC(=O)CN(c2ccc(Cl)cc2)S(C)(=O)=O)c2ccccc2O1. The van der Waals surface area contributed by atoms with Crippen molar-refractivity contribution >= 4 is 33.2 Å². The highest BCUT2D eigenvalue weighted by Crippen LogP contribution is 2.39. The Kier molecular flexibility index (Phi) is 5.59. The predicted molar refractivity (Wildman–Crippen MR) is 110 cm³/mol. The second-order valence-electron chi connectivity index (χ2n) is 7.47. The minimum absolute atomic E-state index is 0.265. The number of nitrogens with zero attached hydrogens (tertiary/aromatic N) is 1. The van der Waals surface area contributed by atoms with Crippen LogP contribution in [0.15, 0.2) is 48.5 Å². The number of benzene rings is 2. The standard InChI is InChI=1S/C20H23ClN2O4S/c1-20(2)12-17(16-6-4-5-7-18(16)27-20)22-19(24)13-23(28(3,25)26)15-10-8-14(21)9-11-15/h4-11,17H,12-13H2,1-3H3,(H,22,24)/t17-/m0/s1. The zero-order chi connectivity index (χ0) is 20.5. The second kappa shape index (κ2) is 7.64. The largest absolute Gasteiger partial charge is 0.487 e. The fourth-order valence-corrected chi connectivity index (χ4v) is 4.29. The van der Waals surface area contributed by atoms with Gasteiger partial charge in [-0.3, -0.25) is 9.10 Å². The Morgan fingerprint density at radius 1 is 1.21 bits per heavy atom. The number of hydrogen-bond acceptors (Lipinski definition) is 4. The summed E-state index contributed by atoms with van der Waals surface area (Å²) in [5.41, 5.74) is 0.821. The highest BCUT2D eigenvalue weighted by molar-refractivity contribution is 7.92. The number of sulfonamides is 1. The summed E-state index contributed by atoms with van der Waals surface area (Å²) in [5, 5.41) is 3.45. The van der Waals surface area contributed by atoms with Gasteiger partial charge in [-0.05, 0) is 44.2 Å². The van der Waals surface area contributed by atoms with Gasteiger partial charge in [0.05, 0.1) is 18.0 Å². The van der Waals surface area contributed by atoms with E-state index in [1.165, 1.54) is 0 Å². The van der Waals surface area contributed by atoms with Crippen molar-refractivity contribution in [3.63, 3.8) is 0 Å². The van der Waals surface area contributed by atoms with Crippen LogP contribution in [0.2, 0.25) is 5.02 Å². The van der Waals surface area contributed by atoms with E-state index in [9.17, 15) is 13.2 Å². The van der Waals surface area contributed by atoms with E-state index >= 15 is 0 Å². The van der Waals surface area contributed by atoms with Crippen LogP contribution in [0, 0.1) is 0 Å². The number of nitrogens with one attached hydrogen (secondary N) is 1. The maximum atomic E-state index is 12.7. The Morgan fingerprint density at radius 2 is 1.86 bits per heavy atom. The molecule has 2 aromatic carbocycles. The molecule has 0 aliphatic carbocycles. The molecule has 1 heterocycles. The lowest BCUT2D eigenvalue weighted by Gasteiger charge is -2.38. The molecule has 150 valence electrons. The number of halogens is 1. The van der Waals surface area contributed by atoms with Crippen LogP contribution in [0.3, 0.4) is 0 Å². The molecule has 0 spiro atoms. The van der Waals surface area contributed by atoms with Crippen molar-refractivity contribution in [1.29, 1.82) is 0 Å². The third kappa shape index (κ3) is 4.77. The van der Waals surface area contributed by atoms with Gasteiger partial charge in [0.2, 0.25) is 15.9 Å². The van der Waals surface area contributed by atoms with E-state index in [1.54, 1.807) is 24.3 Å². The zero-order valence-electron chi connectivity index (χ0n) is 16.0. The molecule has 0 saturated carbocycles. The van der Waals surface area contributed by atoms with Crippen molar-refractivity contribution in [1.82, 2.24) is 5.32 Å². The Hall–Kier alpha value is -2.25. The van der Waals surface area contributed by atoms with E-state index in [0.29, 0.717) is 17.1 Å². The minimum atomic E-state index is -3.65. The number of amides is 1. The number of anilines is 1. The molecule has 1 amide bonds. The number of hydrogen-bond donors (Lipinski definition) is 1. The Bertz CT molecular complexity index is 974. The topological polar surface area (TPSA) is 75.7 Å². The van der Waals surface area contributed by atoms with Crippen LogP contribution in [0.1, 0.15) is 31.9 Å². The minimum Gasteiger partial charge on any atom is -0.487 e. The fourth-order valence-electron chi connectivity index (χ4n) is 3.31. The van der Waals surface area contributed by atoms with Crippen LogP contribution in [-0.2, 0) is 14.8 Å². The summed E-state index contributed by atoms with van der Waals surface area (Å²) in [6.45, 7) is 3.59. The fraction of sp³-hybridized carbons (Fsp3) is 0.350. The van der Waals surface area contributed by atoms with Crippen LogP contribution < -0.4 is 14.4 Å². The lowest BCUT2D eigenvalue weighted by Crippen LogP contribution is -2.45. The van der Waals surface area contributed by atoms with Gasteiger partial charge in [0.15, 0.2) is 0 Å². The van der Waals surface area contributed by atoms with Crippen LogP contribution >= 0.6 is 11.6 Å². The Morgan fingerprint density at radius 3 is 2.50 bits per heavy atom. The van der Waals surface area contributed by atoms with Gasteiger partial charge in [0.25, 0.3) is 0 Å². The van der Waals surface area contributed by atoms with Crippen molar-refractivity contribution in [3.05, 3.63) is 59.1 Å². The number of fused-ring (bicyclic) bond motifs is 1. The summed E-state index contributed by atoms with van der Waals surface area (Å²) in [5.74, 6) is 0.333. The molecule has 0 fully saturated rings. The maximum Gasteiger partial charge on any atom is 0.241 e. The molecule has 0 radical (unpaired) electrons. The first-order valence-electron chi connectivity index (χ1n) is 8.86. The van der Waals surface area contributed by atoms with Crippen LogP contribution in [0.4, 0.5) is 5.69 Å². The van der Waals surface area contributed by atoms with E-state index in [4.69, 9.17) is 16.3 Å². The van der Waals surface area contributed by atoms with Gasteiger partial charge in [-0.15, -0.1) is 0 Å². The van der Waals surface area contributed by atoms with E-state index in [0.717, 1.165) is 21.9 Å². The van der Waals surface area contributed by atoms with Gasteiger partial charge in [-0.1, -0.05) is 29.8 Å². The molecule has 1 atom stereocenters. The van der Waals surface area contributed by atoms with Gasteiger partial charge in [-0.2, -0.15) is 0 Å². The van der Waals surface area contributed by atoms with Gasteiger partial charge in [0.1, 0.15) is 17.9 Å². The molecule has 0 aromatic heterocycles. The van der Waals surface area contributed by atoms with E-state index < -0.39 is 21.5 Å². The average molecular weight is 423 g/mol. The number of ether oxygens (including phenoxy) is 1. The van der Waals surface area contributed by atoms with Gasteiger partial charge < -0.3 is 10.1 Å². The molecule has 8 heteroatoms. The summed E-state index contributed by atoms with van der Waals surface area (Å²) in [6, 6.07) is 13.6. The quantitative estimate of drug-likeness (QED) is 0.799. The summed E-state index contributed by atoms with van der Waals surface area (Å²) in [4.78, 5) is 12.7. The first-order chi connectivity index (χ1) is 13.0. The van der Waals surface area contributed by atoms with Crippen molar-refractivity contribution in [2.24, 2.45) is 0 Å². The predicted octanol–water partition coefficient (Wildman–Crippen LogP) is 3.52. The molecule has 28 heavy (non-hydrogen) atoms. The lowest BCUT2D eigenvalue weighted by molar-refractivity contribution is -0.120. The van der Waals surface area contributed by atoms with Crippen molar-refractivity contribution in [2.75, 3.05) is 17.1 Å². The third-order valence-corrected chi connectivity index (χ3v) is 5.91. The van der Waals surface area contributed by atoms with Gasteiger partial charge in [0, 0.05) is 17.0 Å². The molecule has 0 unspecified atom stereocenters. The third-order valence-electron chi connectivity index (χ3n) is 4.51. The van der Waals surface area contributed by atoms with E-state index in [1.807, 2.05) is 38.1 Å². The molecule has 1 N–H and O–H groups in total. The molecule has 0 bridgehead atoms. The maximum absolute atomic E-state index is 12.7. The molecular formula is C20H23ClN2O4S. The molecular weight excluding hydrogens is 400 g/mol. The summed E-state index contributed by atoms with van der Waals surface area (Å²) in [7, 11) is -3.65. The van der Waals surface area contributed by atoms with Crippen molar-refractivity contribution in [3.8, 4) is 5.75 Å². The smallest absolute Gasteiger partial charge is 0.241 e. The number of para-hydroxylation sites is 1. The first-order valence-corrected chi connectivity index (χ1v) is 11.1. The summed E-state index contributed by atoms with van der Waals surface area (Å²) < 4.78 is 31.5. The number of carbonyl (C=O) groups excluding carboxylic acids is 1. The molecule has 3 rings (SSSR count). The number of rotatable bonds is 5. The summed E-state index contributed by atoms with van der Waals surface area (Å²) in [6.07, 6.45) is 1.65. The van der Waals surface area contributed by atoms with Crippen LogP contribution in [0.5, 0.6) is 5.75 Å². The molecule has 0 saturated heterocycles. The first kappa shape index (κ1) is 20.5. The molecule has 2 aromatic rings. The van der Waals surface area contributed by atoms with E-state index in [-0.39, 0.29) is 12.6 Å². The molecule has 6 nitrogen and oxygen atoms in total. The van der Waals surface area contributed by atoms with Crippen LogP contribution in [0.25, 0.3) is 0 Å². The monoisotopic (exact) mass is 422 g/mol. The zero-order valence-corrected chi connectivity index (χ0v) is 17.5.